The van der Waals surface area contributed by atoms with Gasteiger partial charge in [0.2, 0.25) is 0 Å². The molecule has 3 aromatic rings. The molecular formula is C26H26ClN3O. The Labute approximate surface area is 187 Å². The number of hydrogen-bond acceptors (Lipinski definition) is 3. The van der Waals surface area contributed by atoms with Crippen molar-refractivity contribution in [2.75, 3.05) is 0 Å². The summed E-state index contributed by atoms with van der Waals surface area (Å²) in [5.74, 6) is 0.769. The maximum absolute atomic E-state index is 11.3. The first-order chi connectivity index (χ1) is 14.9. The second-order valence-corrected chi connectivity index (χ2v) is 10.2. The van der Waals surface area contributed by atoms with Gasteiger partial charge in [0.05, 0.1) is 18.3 Å². The number of nitrogens with zero attached hydrogens (tertiary/aromatic N) is 3. The highest BCUT2D eigenvalue weighted by Gasteiger charge is 2.64. The molecule has 2 saturated carbocycles. The van der Waals surface area contributed by atoms with Gasteiger partial charge in [-0.1, -0.05) is 53.7 Å². The predicted molar refractivity (Wildman–Crippen MR) is 122 cm³/mol. The van der Waals surface area contributed by atoms with Gasteiger partial charge >= 0.3 is 0 Å². The molecule has 31 heavy (non-hydrogen) atoms. The van der Waals surface area contributed by atoms with Gasteiger partial charge in [0.15, 0.2) is 0 Å². The lowest BCUT2D eigenvalue weighted by Crippen LogP contribution is -2.39. The van der Waals surface area contributed by atoms with Crippen LogP contribution < -0.4 is 0 Å². The molecule has 0 radical (unpaired) electrons. The zero-order valence-corrected chi connectivity index (χ0v) is 18.4. The number of halogens is 1. The number of aliphatic hydroxyl groups is 1. The van der Waals surface area contributed by atoms with Crippen LogP contribution in [0.5, 0.6) is 0 Å². The molecule has 2 aromatic carbocycles. The number of aromatic nitrogens is 3. The molecule has 0 amide bonds. The van der Waals surface area contributed by atoms with Gasteiger partial charge < -0.3 is 5.11 Å². The Kier molecular flexibility index (Phi) is 4.06. The number of fused-ring (bicyclic) bond motifs is 3. The zero-order chi connectivity index (χ0) is 21.4. The molecule has 4 atom stereocenters. The molecule has 4 nitrogen and oxygen atoms in total. The van der Waals surface area contributed by atoms with Crippen molar-refractivity contribution in [1.29, 1.82) is 0 Å². The molecule has 3 aliphatic rings. The fourth-order valence-electron chi connectivity index (χ4n) is 6.80. The molecule has 5 heteroatoms. The molecule has 1 aromatic heterocycles. The van der Waals surface area contributed by atoms with Crippen LogP contribution >= 0.6 is 11.6 Å². The predicted octanol–water partition coefficient (Wildman–Crippen LogP) is 5.65. The highest BCUT2D eigenvalue weighted by atomic mass is 35.5. The Morgan fingerprint density at radius 3 is 2.84 bits per heavy atom. The second-order valence-electron chi connectivity index (χ2n) is 9.78. The molecule has 2 fully saturated rings. The minimum Gasteiger partial charge on any atom is -0.386 e. The Hall–Kier alpha value is -2.43. The molecule has 6 rings (SSSR count). The van der Waals surface area contributed by atoms with E-state index < -0.39 is 5.60 Å². The van der Waals surface area contributed by atoms with Gasteiger partial charge in [0.25, 0.3) is 0 Å². The number of benzene rings is 2. The molecular weight excluding hydrogens is 406 g/mol. The van der Waals surface area contributed by atoms with Crippen LogP contribution in [0, 0.1) is 12.3 Å². The molecule has 0 aliphatic heterocycles. The summed E-state index contributed by atoms with van der Waals surface area (Å²) >= 11 is 6.03. The summed E-state index contributed by atoms with van der Waals surface area (Å²) in [5, 5.41) is 20.9. The largest absolute Gasteiger partial charge is 0.386 e. The van der Waals surface area contributed by atoms with Gasteiger partial charge in [-0.15, -0.1) is 5.10 Å². The summed E-state index contributed by atoms with van der Waals surface area (Å²) in [5.41, 5.74) is 6.46. The van der Waals surface area contributed by atoms with Crippen LogP contribution in [0.1, 0.15) is 54.2 Å². The van der Waals surface area contributed by atoms with Crippen LogP contribution in [0.15, 0.2) is 60.8 Å². The topological polar surface area (TPSA) is 50.9 Å². The normalized spacial score (nSPS) is 31.0. The maximum atomic E-state index is 11.3. The summed E-state index contributed by atoms with van der Waals surface area (Å²) in [4.78, 5) is 0. The summed E-state index contributed by atoms with van der Waals surface area (Å²) in [6.45, 7) is 7.29. The summed E-state index contributed by atoms with van der Waals surface area (Å²) in [7, 11) is 0. The molecule has 3 aliphatic carbocycles. The Balaban J connectivity index is 1.41. The van der Waals surface area contributed by atoms with E-state index >= 15 is 0 Å². The monoisotopic (exact) mass is 431 g/mol. The first-order valence-electron chi connectivity index (χ1n) is 11.1. The summed E-state index contributed by atoms with van der Waals surface area (Å²) in [6.07, 6.45) is 5.58. The Bertz CT molecular complexity index is 1200. The van der Waals surface area contributed by atoms with Crippen molar-refractivity contribution in [3.63, 3.8) is 0 Å². The minimum atomic E-state index is -0.707. The third kappa shape index (κ3) is 2.71. The molecule has 1 heterocycles. The Morgan fingerprint density at radius 2 is 2.03 bits per heavy atom. The molecule has 2 bridgehead atoms. The second kappa shape index (κ2) is 6.54. The number of rotatable bonds is 3. The molecule has 0 saturated heterocycles. The van der Waals surface area contributed by atoms with Crippen molar-refractivity contribution in [3.8, 4) is 11.3 Å². The number of hydrogen-bond donors (Lipinski definition) is 1. The fraction of sp³-hybridized carbons (Fsp3) is 0.385. The van der Waals surface area contributed by atoms with Crippen LogP contribution in [0.3, 0.4) is 0 Å². The van der Waals surface area contributed by atoms with Crippen LogP contribution in [-0.4, -0.2) is 25.7 Å². The van der Waals surface area contributed by atoms with Gasteiger partial charge in [-0.2, -0.15) is 0 Å². The lowest BCUT2D eigenvalue weighted by molar-refractivity contribution is 0.00371. The zero-order valence-electron chi connectivity index (χ0n) is 17.7. The van der Waals surface area contributed by atoms with Crippen molar-refractivity contribution < 1.29 is 5.11 Å². The van der Waals surface area contributed by atoms with Gasteiger partial charge in [0, 0.05) is 16.5 Å². The van der Waals surface area contributed by atoms with Crippen LogP contribution in [0.4, 0.5) is 0 Å². The highest BCUT2D eigenvalue weighted by Crippen LogP contribution is 2.71. The minimum absolute atomic E-state index is 0.0188. The lowest BCUT2D eigenvalue weighted by Gasteiger charge is -2.42. The van der Waals surface area contributed by atoms with Crippen molar-refractivity contribution >= 4 is 11.6 Å². The maximum Gasteiger partial charge on any atom is 0.113 e. The standard InChI is InChI=1S/C26H26ClN3O/c1-16-4-3-5-20-21-10-11-26(31)15-25(21,12-17(26)2)22(24(16)20)13-30-14-23(28-29-30)18-6-8-19(27)9-7-18/h3-9,14,21-22,31H,2,10-13,15H2,1H3/t21-,22-,25-,26-/m0/s1. The van der Waals surface area contributed by atoms with E-state index in [-0.39, 0.29) is 5.41 Å². The van der Waals surface area contributed by atoms with E-state index in [0.717, 1.165) is 49.1 Å². The third-order valence-corrected chi connectivity index (χ3v) is 8.44. The molecule has 158 valence electrons. The van der Waals surface area contributed by atoms with Crippen LogP contribution in [-0.2, 0) is 6.54 Å². The van der Waals surface area contributed by atoms with Crippen LogP contribution in [0.2, 0.25) is 5.02 Å². The highest BCUT2D eigenvalue weighted by molar-refractivity contribution is 6.30. The van der Waals surface area contributed by atoms with Gasteiger partial charge in [-0.05, 0) is 78.3 Å². The first-order valence-corrected chi connectivity index (χ1v) is 11.4. The SMILES string of the molecule is C=C1C[C@]23C[C@@]1(O)CC[C@H]2c1cccc(C)c1[C@@H]3Cn1cc(-c2ccc(Cl)cc2)nn1. The van der Waals surface area contributed by atoms with E-state index in [9.17, 15) is 5.11 Å². The van der Waals surface area contributed by atoms with Gasteiger partial charge in [-0.3, -0.25) is 4.68 Å². The summed E-state index contributed by atoms with van der Waals surface area (Å²) in [6, 6.07) is 14.4. The van der Waals surface area contributed by atoms with Crippen molar-refractivity contribution in [1.82, 2.24) is 15.0 Å². The van der Waals surface area contributed by atoms with E-state index in [1.807, 2.05) is 35.1 Å². The van der Waals surface area contributed by atoms with Gasteiger partial charge in [0.1, 0.15) is 5.69 Å². The van der Waals surface area contributed by atoms with E-state index in [0.29, 0.717) is 16.9 Å². The van der Waals surface area contributed by atoms with E-state index in [2.05, 4.69) is 42.0 Å². The van der Waals surface area contributed by atoms with E-state index in [1.54, 1.807) is 0 Å². The van der Waals surface area contributed by atoms with Gasteiger partial charge in [-0.25, -0.2) is 0 Å². The van der Waals surface area contributed by atoms with E-state index in [1.165, 1.54) is 16.7 Å². The molecule has 1 spiro atoms. The first kappa shape index (κ1) is 19.3. The Morgan fingerprint density at radius 1 is 1.23 bits per heavy atom. The third-order valence-electron chi connectivity index (χ3n) is 8.19. The average molecular weight is 432 g/mol. The van der Waals surface area contributed by atoms with Crippen LogP contribution in [0.25, 0.3) is 11.3 Å². The van der Waals surface area contributed by atoms with Crippen molar-refractivity contribution in [2.24, 2.45) is 5.41 Å². The number of aryl methyl sites for hydroxylation is 1. The quantitative estimate of drug-likeness (QED) is 0.545. The lowest BCUT2D eigenvalue weighted by atomic mass is 9.63. The summed E-state index contributed by atoms with van der Waals surface area (Å²) < 4.78 is 1.98. The molecule has 0 unspecified atom stereocenters. The molecule has 1 N–H and O–H groups in total. The fourth-order valence-corrected chi connectivity index (χ4v) is 6.93. The smallest absolute Gasteiger partial charge is 0.113 e. The van der Waals surface area contributed by atoms with E-state index in [4.69, 9.17) is 11.6 Å². The van der Waals surface area contributed by atoms with Crippen molar-refractivity contribution in [2.45, 2.75) is 56.6 Å². The van der Waals surface area contributed by atoms with Crippen molar-refractivity contribution in [3.05, 3.63) is 82.5 Å². The average Bonchev–Trinajstić information content (AvgIpc) is 3.36.